The highest BCUT2D eigenvalue weighted by Crippen LogP contribution is 2.37. The number of carbonyl (C=O) groups is 1. The largest absolute Gasteiger partial charge is 0.409 e. The number of carbonyl (C=O) groups excluding carboxylic acids is 1. The molecule has 2 aromatic carbocycles. The van der Waals surface area contributed by atoms with E-state index in [0.29, 0.717) is 42.0 Å². The van der Waals surface area contributed by atoms with E-state index >= 15 is 0 Å². The first-order chi connectivity index (χ1) is 18.9. The predicted molar refractivity (Wildman–Crippen MR) is 153 cm³/mol. The molecule has 1 atom stereocenters. The molecule has 1 N–H and O–H groups in total. The first kappa shape index (κ1) is 27.8. The van der Waals surface area contributed by atoms with Gasteiger partial charge in [-0.1, -0.05) is 45.0 Å². The van der Waals surface area contributed by atoms with Gasteiger partial charge >= 0.3 is 0 Å². The maximum Gasteiger partial charge on any atom is 0.272 e. The average molecular weight is 563 g/mol. The van der Waals surface area contributed by atoms with Crippen LogP contribution >= 0.6 is 0 Å². The van der Waals surface area contributed by atoms with Crippen LogP contribution in [0.25, 0.3) is 10.8 Å². The Kier molecular flexibility index (Phi) is 7.21. The van der Waals surface area contributed by atoms with Crippen molar-refractivity contribution in [2.75, 3.05) is 6.54 Å². The van der Waals surface area contributed by atoms with Crippen molar-refractivity contribution in [1.82, 2.24) is 29.9 Å². The Morgan fingerprint density at radius 1 is 1.15 bits per heavy atom. The van der Waals surface area contributed by atoms with Crippen molar-refractivity contribution in [3.63, 3.8) is 0 Å². The van der Waals surface area contributed by atoms with Crippen LogP contribution < -0.4 is 5.56 Å². The number of halogens is 1. The molecule has 1 aliphatic heterocycles. The molecule has 0 bridgehead atoms. The van der Waals surface area contributed by atoms with Crippen LogP contribution in [-0.4, -0.2) is 50.6 Å². The Balaban J connectivity index is 1.35. The number of amides is 1. The van der Waals surface area contributed by atoms with Gasteiger partial charge < -0.3 is 13.9 Å². The second-order valence-corrected chi connectivity index (χ2v) is 16.8. The van der Waals surface area contributed by atoms with Gasteiger partial charge in [0, 0.05) is 18.4 Å². The molecule has 40 heavy (non-hydrogen) atoms. The molecule has 0 fully saturated rings. The Morgan fingerprint density at radius 2 is 1.88 bits per heavy atom. The third-order valence-electron chi connectivity index (χ3n) is 8.16. The first-order valence-electron chi connectivity index (χ1n) is 13.5. The second kappa shape index (κ2) is 10.4. The number of fused-ring (bicyclic) bond motifs is 2. The van der Waals surface area contributed by atoms with Gasteiger partial charge in [0.15, 0.2) is 20.0 Å². The summed E-state index contributed by atoms with van der Waals surface area (Å²) in [6, 6.07) is 11.6. The fourth-order valence-corrected chi connectivity index (χ4v) is 5.77. The summed E-state index contributed by atoms with van der Waals surface area (Å²) >= 11 is 0. The normalized spacial score (nSPS) is 15.9. The quantitative estimate of drug-likeness (QED) is 0.332. The molecule has 9 nitrogen and oxygen atoms in total. The van der Waals surface area contributed by atoms with Crippen molar-refractivity contribution in [2.45, 2.75) is 71.4 Å². The van der Waals surface area contributed by atoms with E-state index in [0.717, 1.165) is 11.2 Å². The lowest BCUT2D eigenvalue weighted by Crippen LogP contribution is -2.42. The van der Waals surface area contributed by atoms with Gasteiger partial charge in [0.1, 0.15) is 5.82 Å². The van der Waals surface area contributed by atoms with Gasteiger partial charge in [0.25, 0.3) is 11.5 Å². The minimum Gasteiger partial charge on any atom is -0.409 e. The van der Waals surface area contributed by atoms with Gasteiger partial charge in [-0.2, -0.15) is 5.10 Å². The minimum atomic E-state index is -1.97. The van der Waals surface area contributed by atoms with E-state index in [1.807, 2.05) is 23.6 Å². The number of aromatic nitrogens is 5. The van der Waals surface area contributed by atoms with Gasteiger partial charge in [0.05, 0.1) is 35.8 Å². The molecule has 2 aromatic heterocycles. The van der Waals surface area contributed by atoms with Crippen LogP contribution in [0.4, 0.5) is 4.39 Å². The van der Waals surface area contributed by atoms with Crippen LogP contribution in [0.3, 0.4) is 0 Å². The molecule has 0 saturated carbocycles. The lowest BCUT2D eigenvalue weighted by atomic mass is 10.0. The smallest absolute Gasteiger partial charge is 0.272 e. The number of hydrogen-bond donors (Lipinski definition) is 1. The van der Waals surface area contributed by atoms with Crippen LogP contribution in [0.5, 0.6) is 0 Å². The Labute approximate surface area is 233 Å². The van der Waals surface area contributed by atoms with E-state index in [9.17, 15) is 14.0 Å². The fraction of sp³-hybridized carbons (Fsp3) is 0.414. The molecule has 0 aliphatic carbocycles. The first-order valence-corrected chi connectivity index (χ1v) is 16.4. The van der Waals surface area contributed by atoms with Crippen LogP contribution in [0.15, 0.2) is 47.3 Å². The minimum absolute atomic E-state index is 0.00659. The molecular weight excluding hydrogens is 527 g/mol. The number of nitrogens with one attached hydrogen (secondary N) is 1. The highest BCUT2D eigenvalue weighted by atomic mass is 28.4. The van der Waals surface area contributed by atoms with Crippen molar-refractivity contribution in [3.05, 3.63) is 87.1 Å². The molecule has 0 spiro atoms. The molecule has 1 aliphatic rings. The number of H-pyrrole nitrogens is 1. The number of rotatable bonds is 6. The summed E-state index contributed by atoms with van der Waals surface area (Å²) in [4.78, 5) is 27.3. The van der Waals surface area contributed by atoms with Gasteiger partial charge in [0.2, 0.25) is 0 Å². The third-order valence-corrected chi connectivity index (χ3v) is 12.6. The summed E-state index contributed by atoms with van der Waals surface area (Å²) in [5.74, 6) is 0.407. The topological polar surface area (TPSA) is 106 Å². The Bertz CT molecular complexity index is 1640. The lowest BCUT2D eigenvalue weighted by molar-refractivity contribution is 0.0672. The molecule has 3 heterocycles. The van der Waals surface area contributed by atoms with Crippen LogP contribution in [-0.2, 0) is 24.0 Å². The van der Waals surface area contributed by atoms with Gasteiger partial charge in [-0.05, 0) is 48.8 Å². The van der Waals surface area contributed by atoms with Gasteiger partial charge in [-0.15, -0.1) is 10.2 Å². The predicted octanol–water partition coefficient (Wildman–Crippen LogP) is 4.98. The van der Waals surface area contributed by atoms with Crippen molar-refractivity contribution >= 4 is 25.0 Å². The van der Waals surface area contributed by atoms with E-state index < -0.39 is 20.0 Å². The van der Waals surface area contributed by atoms with Crippen molar-refractivity contribution in [2.24, 2.45) is 0 Å². The van der Waals surface area contributed by atoms with E-state index in [2.05, 4.69) is 54.3 Å². The molecule has 1 unspecified atom stereocenters. The number of nitrogens with zero attached hydrogens (tertiary/aromatic N) is 5. The molecular formula is C29H35FN6O3Si. The van der Waals surface area contributed by atoms with E-state index in [1.165, 1.54) is 6.07 Å². The lowest BCUT2D eigenvalue weighted by Gasteiger charge is -2.36. The summed E-state index contributed by atoms with van der Waals surface area (Å²) in [7, 11) is -1.97. The zero-order valence-corrected chi connectivity index (χ0v) is 24.8. The summed E-state index contributed by atoms with van der Waals surface area (Å²) in [6.07, 6.45) is 0.334. The maximum atomic E-state index is 15.0. The molecule has 4 aromatic rings. The number of aromatic amines is 1. The molecule has 210 valence electrons. The standard InChI is InChI=1S/C29H35FN6O3Si/c1-18-15-35(16-25-32-33-26(36(18)25)17-39-40(5,6)29(2,3)4)28(38)22-13-19(11-12-23(22)30)14-24-20-9-7-8-10-21(20)27(37)34-31-24/h7-13,18H,14-17H2,1-6H3,(H,34,37). The van der Waals surface area contributed by atoms with E-state index in [1.54, 1.807) is 29.2 Å². The van der Waals surface area contributed by atoms with Crippen molar-refractivity contribution in [3.8, 4) is 0 Å². The molecule has 11 heteroatoms. The number of benzene rings is 2. The van der Waals surface area contributed by atoms with E-state index in [-0.39, 0.29) is 28.7 Å². The summed E-state index contributed by atoms with van der Waals surface area (Å²) < 4.78 is 23.4. The fourth-order valence-electron chi connectivity index (χ4n) is 4.84. The van der Waals surface area contributed by atoms with Crippen LogP contribution in [0.2, 0.25) is 18.1 Å². The highest BCUT2D eigenvalue weighted by Gasteiger charge is 2.38. The SMILES string of the molecule is CC1CN(C(=O)c2cc(Cc3n[nH]c(=O)c4ccccc34)ccc2F)Cc2nnc(CO[Si](C)(C)C(C)(C)C)n21. The monoisotopic (exact) mass is 562 g/mol. The van der Waals surface area contributed by atoms with Gasteiger partial charge in [-0.25, -0.2) is 9.49 Å². The summed E-state index contributed by atoms with van der Waals surface area (Å²) in [6.45, 7) is 14.0. The van der Waals surface area contributed by atoms with Gasteiger partial charge in [-0.3, -0.25) is 9.59 Å². The van der Waals surface area contributed by atoms with Crippen LogP contribution in [0.1, 0.15) is 67.0 Å². The third kappa shape index (κ3) is 5.23. The van der Waals surface area contributed by atoms with E-state index in [4.69, 9.17) is 4.43 Å². The van der Waals surface area contributed by atoms with Crippen molar-refractivity contribution in [1.29, 1.82) is 0 Å². The summed E-state index contributed by atoms with van der Waals surface area (Å²) in [5, 5.41) is 16.8. The Morgan fingerprint density at radius 3 is 2.60 bits per heavy atom. The molecule has 5 rings (SSSR count). The summed E-state index contributed by atoms with van der Waals surface area (Å²) in [5.41, 5.74) is 1.09. The molecule has 0 radical (unpaired) electrons. The average Bonchev–Trinajstić information content (AvgIpc) is 3.33. The highest BCUT2D eigenvalue weighted by molar-refractivity contribution is 6.74. The zero-order valence-electron chi connectivity index (χ0n) is 23.8. The Hall–Kier alpha value is -3.70. The van der Waals surface area contributed by atoms with Crippen molar-refractivity contribution < 1.29 is 13.6 Å². The number of hydrogen-bond acceptors (Lipinski definition) is 6. The molecule has 1 amide bonds. The maximum absolute atomic E-state index is 15.0. The van der Waals surface area contributed by atoms with Crippen LogP contribution in [0, 0.1) is 5.82 Å². The second-order valence-electron chi connectivity index (χ2n) is 12.0. The molecule has 0 saturated heterocycles. The zero-order chi connectivity index (χ0) is 28.8.